The largest absolute Gasteiger partial charge is 0.390 e. The van der Waals surface area contributed by atoms with E-state index in [2.05, 4.69) is 39.0 Å². The molecule has 254 valence electrons. The van der Waals surface area contributed by atoms with Gasteiger partial charge in [-0.1, -0.05) is 60.7 Å². The summed E-state index contributed by atoms with van der Waals surface area (Å²) in [4.78, 5) is 31.9. The molecule has 2 amide bonds. The van der Waals surface area contributed by atoms with Gasteiger partial charge in [-0.2, -0.15) is 0 Å². The van der Waals surface area contributed by atoms with E-state index in [1.54, 1.807) is 0 Å². The molecule has 0 bridgehead atoms. The molecule has 3 aromatic carbocycles. The number of amides is 2. The van der Waals surface area contributed by atoms with Crippen molar-refractivity contribution in [1.82, 2.24) is 20.4 Å². The summed E-state index contributed by atoms with van der Waals surface area (Å²) in [6.07, 6.45) is 1.76. The lowest BCUT2D eigenvalue weighted by atomic mass is 9.99. The molecular formula is C36H49N5O5S. The monoisotopic (exact) mass is 663 g/mol. The van der Waals surface area contributed by atoms with Gasteiger partial charge in [-0.3, -0.25) is 24.1 Å². The van der Waals surface area contributed by atoms with Gasteiger partial charge in [-0.05, 0) is 83.3 Å². The maximum absolute atomic E-state index is 13.9. The second kappa shape index (κ2) is 16.4. The van der Waals surface area contributed by atoms with Crippen LogP contribution in [-0.2, 0) is 16.4 Å². The fourth-order valence-corrected chi connectivity index (χ4v) is 6.72. The predicted octanol–water partition coefficient (Wildman–Crippen LogP) is 4.40. The Bertz CT molecular complexity index is 1590. The summed E-state index contributed by atoms with van der Waals surface area (Å²) >= 11 is 0. The van der Waals surface area contributed by atoms with Crippen LogP contribution in [0.4, 0.5) is 5.69 Å². The zero-order chi connectivity index (χ0) is 34.1. The molecule has 4 unspecified atom stereocenters. The Kier molecular flexibility index (Phi) is 12.6. The Balaban J connectivity index is 1.60. The molecule has 1 aliphatic rings. The van der Waals surface area contributed by atoms with Crippen molar-refractivity contribution in [3.05, 3.63) is 101 Å². The van der Waals surface area contributed by atoms with Crippen molar-refractivity contribution >= 4 is 27.5 Å². The van der Waals surface area contributed by atoms with Crippen LogP contribution in [0, 0.1) is 0 Å². The van der Waals surface area contributed by atoms with E-state index in [0.29, 0.717) is 19.0 Å². The molecule has 1 aliphatic heterocycles. The topological polar surface area (TPSA) is 131 Å². The first-order valence-electron chi connectivity index (χ1n) is 16.4. The number of likely N-dealkylation sites (tertiary alicyclic amines) is 1. The lowest BCUT2D eigenvalue weighted by Gasteiger charge is -2.37. The van der Waals surface area contributed by atoms with Gasteiger partial charge in [0.2, 0.25) is 10.0 Å². The quantitative estimate of drug-likeness (QED) is 0.190. The fourth-order valence-electron chi connectivity index (χ4n) is 6.10. The number of rotatable bonds is 15. The molecule has 4 atom stereocenters. The van der Waals surface area contributed by atoms with Crippen LogP contribution in [-0.4, -0.2) is 85.4 Å². The van der Waals surface area contributed by atoms with Crippen molar-refractivity contribution in [2.45, 2.75) is 77.4 Å². The molecule has 0 saturated carbocycles. The van der Waals surface area contributed by atoms with Gasteiger partial charge in [-0.25, -0.2) is 8.42 Å². The molecule has 3 aromatic rings. The van der Waals surface area contributed by atoms with Crippen LogP contribution in [0.1, 0.15) is 78.4 Å². The zero-order valence-electron chi connectivity index (χ0n) is 28.0. The number of hydrogen-bond donors (Lipinski definition) is 4. The molecule has 0 spiro atoms. The number of anilines is 1. The van der Waals surface area contributed by atoms with Gasteiger partial charge in [0, 0.05) is 30.3 Å². The van der Waals surface area contributed by atoms with E-state index in [1.807, 2.05) is 74.6 Å². The molecule has 0 aromatic heterocycles. The highest BCUT2D eigenvalue weighted by atomic mass is 32.2. The summed E-state index contributed by atoms with van der Waals surface area (Å²) in [5.74, 6) is -1.16. The molecule has 10 nitrogen and oxygen atoms in total. The summed E-state index contributed by atoms with van der Waals surface area (Å²) in [5, 5.41) is 17.5. The smallest absolute Gasteiger partial charge is 0.251 e. The minimum Gasteiger partial charge on any atom is -0.390 e. The molecule has 1 fully saturated rings. The highest BCUT2D eigenvalue weighted by Gasteiger charge is 2.32. The van der Waals surface area contributed by atoms with Crippen molar-refractivity contribution < 1.29 is 23.1 Å². The first-order chi connectivity index (χ1) is 22.4. The number of nitrogens with one attached hydrogen (secondary N) is 3. The Morgan fingerprint density at radius 2 is 1.53 bits per heavy atom. The van der Waals surface area contributed by atoms with Crippen LogP contribution in [0.15, 0.2) is 78.9 Å². The van der Waals surface area contributed by atoms with Crippen molar-refractivity contribution in [2.75, 3.05) is 30.6 Å². The lowest BCUT2D eigenvalue weighted by Crippen LogP contribution is -2.53. The van der Waals surface area contributed by atoms with E-state index in [0.717, 1.165) is 30.5 Å². The second-order valence-corrected chi connectivity index (χ2v) is 14.7. The predicted molar refractivity (Wildman–Crippen MR) is 187 cm³/mol. The third-order valence-electron chi connectivity index (χ3n) is 8.75. The molecule has 4 rings (SSSR count). The molecular weight excluding hydrogens is 614 g/mol. The third-order valence-corrected chi connectivity index (χ3v) is 10.1. The van der Waals surface area contributed by atoms with Crippen LogP contribution >= 0.6 is 0 Å². The van der Waals surface area contributed by atoms with Crippen molar-refractivity contribution in [3.63, 3.8) is 0 Å². The number of nitrogens with zero attached hydrogens (tertiary/aromatic N) is 2. The number of aliphatic hydroxyl groups excluding tert-OH is 1. The molecule has 0 radical (unpaired) electrons. The van der Waals surface area contributed by atoms with E-state index in [4.69, 9.17) is 0 Å². The van der Waals surface area contributed by atoms with Crippen LogP contribution in [0.25, 0.3) is 0 Å². The van der Waals surface area contributed by atoms with Crippen molar-refractivity contribution in [3.8, 4) is 0 Å². The first-order valence-corrected chi connectivity index (χ1v) is 18.0. The van der Waals surface area contributed by atoms with Gasteiger partial charge < -0.3 is 15.7 Å². The van der Waals surface area contributed by atoms with Crippen molar-refractivity contribution in [2.24, 2.45) is 0 Å². The normalized spacial score (nSPS) is 17.3. The molecule has 1 saturated heterocycles. The number of carbonyl (C=O) groups excluding carboxylic acids is 2. The second-order valence-electron chi connectivity index (χ2n) is 12.6. The summed E-state index contributed by atoms with van der Waals surface area (Å²) in [7, 11) is -1.70. The van der Waals surface area contributed by atoms with Gasteiger partial charge in [0.15, 0.2) is 0 Å². The number of carbonyl (C=O) groups is 2. The zero-order valence-corrected chi connectivity index (χ0v) is 28.8. The van der Waals surface area contributed by atoms with Gasteiger partial charge in [0.05, 0.1) is 35.8 Å². The standard InChI is InChI=1S/C36H49N5O5S/c1-6-47(45,46)39-31-22-29(35(43)37-26(4)28-16-11-8-12-17-28)21-30(23-31)36(44)38-32(20-27-14-9-7-10-15-27)33(42)24-40(5)34-18-13-19-41(34)25(2)3/h7-12,14-17,21-23,25-26,32-34,39,42H,6,13,18-20,24H2,1-5H3,(H,37,43)(H,38,44). The van der Waals surface area contributed by atoms with Gasteiger partial charge >= 0.3 is 0 Å². The van der Waals surface area contributed by atoms with Gasteiger partial charge in [0.25, 0.3) is 11.8 Å². The van der Waals surface area contributed by atoms with Crippen molar-refractivity contribution in [1.29, 1.82) is 0 Å². The van der Waals surface area contributed by atoms with Gasteiger partial charge in [-0.15, -0.1) is 0 Å². The average Bonchev–Trinajstić information content (AvgIpc) is 3.56. The minimum absolute atomic E-state index is 0.0965. The number of hydrogen-bond acceptors (Lipinski definition) is 7. The first kappa shape index (κ1) is 36.1. The van der Waals surface area contributed by atoms with Crippen LogP contribution in [0.5, 0.6) is 0 Å². The molecule has 0 aliphatic carbocycles. The SMILES string of the molecule is CCS(=O)(=O)Nc1cc(C(=O)NC(C)c2ccccc2)cc(C(=O)NC(Cc2ccccc2)C(O)CN(C)C2CCCN2C(C)C)c1. The number of sulfonamides is 1. The fraction of sp³-hybridized carbons (Fsp3) is 0.444. The molecule has 1 heterocycles. The van der Waals surface area contributed by atoms with Crippen LogP contribution < -0.4 is 15.4 Å². The number of benzene rings is 3. The van der Waals surface area contributed by atoms with Crippen LogP contribution in [0.2, 0.25) is 0 Å². The highest BCUT2D eigenvalue weighted by Crippen LogP contribution is 2.24. The molecule has 4 N–H and O–H groups in total. The highest BCUT2D eigenvalue weighted by molar-refractivity contribution is 7.92. The average molecular weight is 664 g/mol. The van der Waals surface area contributed by atoms with Crippen LogP contribution in [0.3, 0.4) is 0 Å². The summed E-state index contributed by atoms with van der Waals surface area (Å²) in [6, 6.07) is 22.8. The van der Waals surface area contributed by atoms with E-state index >= 15 is 0 Å². The maximum Gasteiger partial charge on any atom is 0.251 e. The summed E-state index contributed by atoms with van der Waals surface area (Å²) in [5.41, 5.74) is 2.18. The summed E-state index contributed by atoms with van der Waals surface area (Å²) < 4.78 is 27.5. The Labute approximate surface area is 279 Å². The lowest BCUT2D eigenvalue weighted by molar-refractivity contribution is 0.0220. The van der Waals surface area contributed by atoms with E-state index < -0.39 is 34.0 Å². The summed E-state index contributed by atoms with van der Waals surface area (Å²) in [6.45, 7) is 9.05. The molecule has 47 heavy (non-hydrogen) atoms. The molecule has 11 heteroatoms. The maximum atomic E-state index is 13.9. The van der Waals surface area contributed by atoms with E-state index in [-0.39, 0.29) is 34.8 Å². The number of likely N-dealkylation sites (N-methyl/N-ethyl adjacent to an activating group) is 1. The third kappa shape index (κ3) is 10.1. The van der Waals surface area contributed by atoms with E-state index in [9.17, 15) is 23.1 Å². The van der Waals surface area contributed by atoms with E-state index in [1.165, 1.54) is 25.1 Å². The Hall–Kier alpha value is -3.77. The minimum atomic E-state index is -3.70. The number of aliphatic hydroxyl groups is 1. The Morgan fingerprint density at radius 3 is 2.13 bits per heavy atom. The van der Waals surface area contributed by atoms with Gasteiger partial charge in [0.1, 0.15) is 0 Å². The Morgan fingerprint density at radius 1 is 0.936 bits per heavy atom.